The summed E-state index contributed by atoms with van der Waals surface area (Å²) in [4.78, 5) is 42.0. The molecule has 0 saturated heterocycles. The molecule has 0 rings (SSSR count). The van der Waals surface area contributed by atoms with Crippen molar-refractivity contribution in [1.82, 2.24) is 0 Å². The summed E-state index contributed by atoms with van der Waals surface area (Å²) in [6.07, 6.45) is 0.690. The number of aliphatic carboxylic acids is 2. The van der Waals surface area contributed by atoms with E-state index >= 15 is 0 Å². The van der Waals surface area contributed by atoms with E-state index in [0.717, 1.165) is 0 Å². The zero-order valence-corrected chi connectivity index (χ0v) is 12.6. The number of aliphatic hydroxyl groups is 1. The first kappa shape index (κ1) is 22.1. The molecule has 22 heavy (non-hydrogen) atoms. The summed E-state index contributed by atoms with van der Waals surface area (Å²) in [6.45, 7) is 2.19. The summed E-state index contributed by atoms with van der Waals surface area (Å²) in [5.41, 5.74) is 0. The number of carboxylic acid groups (broad SMARTS) is 2. The molecular weight excluding hydrogens is 300 g/mol. The largest absolute Gasteiger partial charge is 0.481 e. The Kier molecular flexibility index (Phi) is 13.9. The molecule has 0 aromatic rings. The van der Waals surface area contributed by atoms with E-state index in [2.05, 4.69) is 23.3 Å². The summed E-state index contributed by atoms with van der Waals surface area (Å²) in [6, 6.07) is 0. The maximum Gasteiger partial charge on any atom is 0.362 e. The molecule has 0 saturated carbocycles. The predicted octanol–water partition coefficient (Wildman–Crippen LogP) is 0.885. The molecule has 0 fully saturated rings. The highest BCUT2D eigenvalue weighted by molar-refractivity contribution is 5.77. The second-order valence-electron chi connectivity index (χ2n) is 4.07. The van der Waals surface area contributed by atoms with Crippen LogP contribution in [0, 0.1) is 0 Å². The van der Waals surface area contributed by atoms with Crippen LogP contribution in [0.5, 0.6) is 0 Å². The minimum absolute atomic E-state index is 0.487. The van der Waals surface area contributed by atoms with Crippen molar-refractivity contribution in [3.05, 3.63) is 0 Å². The zero-order valence-electron chi connectivity index (χ0n) is 12.6. The molecule has 0 aromatic carbocycles. The van der Waals surface area contributed by atoms with E-state index in [1.165, 1.54) is 12.8 Å². The summed E-state index contributed by atoms with van der Waals surface area (Å²) in [5.74, 6) is -4.56. The lowest BCUT2D eigenvalue weighted by Gasteiger charge is -2.11. The summed E-state index contributed by atoms with van der Waals surface area (Å²) in [7, 11) is 0. The molecule has 128 valence electrons. The van der Waals surface area contributed by atoms with Gasteiger partial charge in [-0.05, 0) is 0 Å². The molecule has 9 nitrogen and oxygen atoms in total. The van der Waals surface area contributed by atoms with Gasteiger partial charge in [-0.1, -0.05) is 26.7 Å². The van der Waals surface area contributed by atoms with Gasteiger partial charge in [-0.2, -0.15) is 0 Å². The van der Waals surface area contributed by atoms with Gasteiger partial charge in [-0.3, -0.25) is 19.2 Å². The first-order chi connectivity index (χ1) is 10.2. The maximum absolute atomic E-state index is 10.9. The SMILES string of the molecule is CCCC.O=C(O)CCC(=O)OC(O)OC(=O)CCC(=O)O. The van der Waals surface area contributed by atoms with Gasteiger partial charge < -0.3 is 24.8 Å². The first-order valence-electron chi connectivity index (χ1n) is 6.73. The quantitative estimate of drug-likeness (QED) is 0.415. The van der Waals surface area contributed by atoms with Crippen molar-refractivity contribution < 1.29 is 44.0 Å². The van der Waals surface area contributed by atoms with E-state index in [0.29, 0.717) is 0 Å². The van der Waals surface area contributed by atoms with Crippen LogP contribution in [-0.4, -0.2) is 45.7 Å². The lowest BCUT2D eigenvalue weighted by molar-refractivity contribution is -0.246. The molecule has 0 unspecified atom stereocenters. The number of carboxylic acids is 2. The highest BCUT2D eigenvalue weighted by atomic mass is 16.8. The van der Waals surface area contributed by atoms with Gasteiger partial charge in [0.05, 0.1) is 25.7 Å². The average molecular weight is 322 g/mol. The molecule has 0 aliphatic heterocycles. The zero-order chi connectivity index (χ0) is 17.5. The van der Waals surface area contributed by atoms with Crippen molar-refractivity contribution in [2.24, 2.45) is 0 Å². The third kappa shape index (κ3) is 17.8. The average Bonchev–Trinajstić information content (AvgIpc) is 2.43. The van der Waals surface area contributed by atoms with Gasteiger partial charge in [-0.25, -0.2) is 0 Å². The Morgan fingerprint density at radius 1 is 0.773 bits per heavy atom. The topological polar surface area (TPSA) is 147 Å². The van der Waals surface area contributed by atoms with Gasteiger partial charge in [0.25, 0.3) is 0 Å². The van der Waals surface area contributed by atoms with Crippen LogP contribution in [0.1, 0.15) is 52.4 Å². The van der Waals surface area contributed by atoms with E-state index in [1.807, 2.05) is 0 Å². The van der Waals surface area contributed by atoms with Gasteiger partial charge in [0, 0.05) is 0 Å². The molecule has 0 amide bonds. The number of carbonyl (C=O) groups excluding carboxylic acids is 2. The highest BCUT2D eigenvalue weighted by Crippen LogP contribution is 2.01. The number of carbonyl (C=O) groups is 4. The van der Waals surface area contributed by atoms with E-state index < -0.39 is 56.0 Å². The molecule has 0 aliphatic carbocycles. The monoisotopic (exact) mass is 322 g/mol. The van der Waals surface area contributed by atoms with Crippen molar-refractivity contribution in [3.8, 4) is 0 Å². The van der Waals surface area contributed by atoms with Gasteiger partial charge >= 0.3 is 30.4 Å². The standard InChI is InChI=1S/C9H12O9.C4H10/c10-5(11)1-3-7(14)17-9(16)18-8(15)4-2-6(12)13;1-3-4-2/h9,16H,1-4H2,(H,10,11)(H,12,13);3-4H2,1-2H3. The Morgan fingerprint density at radius 2 is 1.09 bits per heavy atom. The maximum atomic E-state index is 10.9. The van der Waals surface area contributed by atoms with Gasteiger partial charge in [0.15, 0.2) is 0 Å². The molecule has 0 bridgehead atoms. The fraction of sp³-hybridized carbons (Fsp3) is 0.692. The normalized spacial score (nSPS) is 9.45. The number of aliphatic hydroxyl groups excluding tert-OH is 1. The van der Waals surface area contributed by atoms with Crippen LogP contribution in [-0.2, 0) is 28.7 Å². The van der Waals surface area contributed by atoms with Crippen LogP contribution < -0.4 is 0 Å². The molecule has 0 radical (unpaired) electrons. The Balaban J connectivity index is 0. The van der Waals surface area contributed by atoms with E-state index in [1.54, 1.807) is 0 Å². The Morgan fingerprint density at radius 3 is 1.32 bits per heavy atom. The number of rotatable bonds is 9. The molecule has 0 aromatic heterocycles. The second-order valence-corrected chi connectivity index (χ2v) is 4.07. The third-order valence-corrected chi connectivity index (χ3v) is 2.05. The molecule has 0 spiro atoms. The van der Waals surface area contributed by atoms with Crippen LogP contribution in [0.3, 0.4) is 0 Å². The van der Waals surface area contributed by atoms with E-state index in [9.17, 15) is 19.2 Å². The van der Waals surface area contributed by atoms with E-state index in [4.69, 9.17) is 15.3 Å². The molecule has 9 heteroatoms. The lowest BCUT2D eigenvalue weighted by Crippen LogP contribution is -2.24. The fourth-order valence-corrected chi connectivity index (χ4v) is 0.785. The Labute approximate surface area is 127 Å². The minimum Gasteiger partial charge on any atom is -0.481 e. The number of hydrogen-bond donors (Lipinski definition) is 3. The van der Waals surface area contributed by atoms with Crippen LogP contribution in [0.15, 0.2) is 0 Å². The summed E-state index contributed by atoms with van der Waals surface area (Å²) >= 11 is 0. The summed E-state index contributed by atoms with van der Waals surface area (Å²) < 4.78 is 8.28. The van der Waals surface area contributed by atoms with Crippen molar-refractivity contribution in [1.29, 1.82) is 0 Å². The van der Waals surface area contributed by atoms with Crippen molar-refractivity contribution >= 4 is 23.9 Å². The van der Waals surface area contributed by atoms with Crippen LogP contribution in [0.25, 0.3) is 0 Å². The van der Waals surface area contributed by atoms with Crippen molar-refractivity contribution in [2.45, 2.75) is 58.8 Å². The van der Waals surface area contributed by atoms with Crippen LogP contribution >= 0.6 is 0 Å². The smallest absolute Gasteiger partial charge is 0.362 e. The van der Waals surface area contributed by atoms with Crippen LogP contribution in [0.4, 0.5) is 0 Å². The van der Waals surface area contributed by atoms with Crippen LogP contribution in [0.2, 0.25) is 0 Å². The van der Waals surface area contributed by atoms with Crippen molar-refractivity contribution in [2.75, 3.05) is 0 Å². The number of esters is 2. The first-order valence-corrected chi connectivity index (χ1v) is 6.73. The number of ether oxygens (including phenoxy) is 2. The highest BCUT2D eigenvalue weighted by Gasteiger charge is 2.17. The number of unbranched alkanes of at least 4 members (excludes halogenated alkanes) is 1. The Bertz CT molecular complexity index is 331. The van der Waals surface area contributed by atoms with Gasteiger partial charge in [-0.15, -0.1) is 0 Å². The van der Waals surface area contributed by atoms with E-state index in [-0.39, 0.29) is 0 Å². The number of hydrogen-bond acceptors (Lipinski definition) is 7. The fourth-order valence-electron chi connectivity index (χ4n) is 0.785. The second kappa shape index (κ2) is 13.8. The molecule has 3 N–H and O–H groups in total. The molecular formula is C13H22O9. The molecule has 0 aliphatic rings. The van der Waals surface area contributed by atoms with Crippen molar-refractivity contribution in [3.63, 3.8) is 0 Å². The minimum atomic E-state index is -2.17. The van der Waals surface area contributed by atoms with Gasteiger partial charge in [0.2, 0.25) is 0 Å². The third-order valence-electron chi connectivity index (χ3n) is 2.05. The molecule has 0 heterocycles. The Hall–Kier alpha value is -2.16. The predicted molar refractivity (Wildman–Crippen MR) is 72.5 cm³/mol. The lowest BCUT2D eigenvalue weighted by atomic mass is 10.3. The summed E-state index contributed by atoms with van der Waals surface area (Å²) in [5, 5.41) is 25.4. The molecule has 0 atom stereocenters. The van der Waals surface area contributed by atoms with Gasteiger partial charge in [0.1, 0.15) is 0 Å².